The van der Waals surface area contributed by atoms with Crippen LogP contribution in [0.15, 0.2) is 30.7 Å². The van der Waals surface area contributed by atoms with Crippen LogP contribution in [0.3, 0.4) is 0 Å². The average molecular weight is 528 g/mol. The summed E-state index contributed by atoms with van der Waals surface area (Å²) in [6, 6.07) is 1.86. The molecule has 0 fully saturated rings. The molecule has 4 aromatic heterocycles. The van der Waals surface area contributed by atoms with Crippen molar-refractivity contribution in [2.24, 2.45) is 0 Å². The zero-order chi connectivity index (χ0) is 25.1. The van der Waals surface area contributed by atoms with Crippen LogP contribution in [0.2, 0.25) is 10.2 Å². The van der Waals surface area contributed by atoms with Gasteiger partial charge in [-0.05, 0) is 13.0 Å². The number of aromatic nitrogens is 7. The van der Waals surface area contributed by atoms with Gasteiger partial charge in [0.1, 0.15) is 11.6 Å². The van der Waals surface area contributed by atoms with E-state index >= 15 is 0 Å². The van der Waals surface area contributed by atoms with E-state index in [1.165, 1.54) is 37.8 Å². The highest BCUT2D eigenvalue weighted by Gasteiger charge is 2.60. The standard InChI is InChI=1S/C19H14Cl2F3N9O2/c1-18(19(22,23)24)8-31(11-6-25-13-4-12(21)29-32(13)15(11)18)17(34)28-9-3-10(20)16(26-5-9)33-27-7-14(30-33)35-2/h3-7H,8H2,1-2H3,(H,28,34)/t18-/m1/s1. The van der Waals surface area contributed by atoms with Gasteiger partial charge in [-0.25, -0.2) is 19.3 Å². The molecule has 182 valence electrons. The van der Waals surface area contributed by atoms with Crippen LogP contribution in [-0.4, -0.2) is 60.4 Å². The zero-order valence-corrected chi connectivity index (χ0v) is 19.4. The SMILES string of the molecule is COc1cnn(-c2ncc(NC(=O)N3C[C@@](C)(C(F)(F)F)c4c3cnc3cc(Cl)nn43)cc2Cl)n1. The maximum absolute atomic E-state index is 14.2. The number of fused-ring (bicyclic) bond motifs is 3. The predicted octanol–water partition coefficient (Wildman–Crippen LogP) is 3.89. The van der Waals surface area contributed by atoms with Gasteiger partial charge < -0.3 is 10.1 Å². The second-order valence-corrected chi connectivity index (χ2v) is 8.58. The number of hydrogen-bond acceptors (Lipinski definition) is 7. The summed E-state index contributed by atoms with van der Waals surface area (Å²) in [6.45, 7) is 0.291. The first-order chi connectivity index (χ1) is 16.5. The highest BCUT2D eigenvalue weighted by Crippen LogP contribution is 2.50. The summed E-state index contributed by atoms with van der Waals surface area (Å²) in [7, 11) is 1.42. The lowest BCUT2D eigenvalue weighted by Crippen LogP contribution is -2.46. The van der Waals surface area contributed by atoms with Crippen LogP contribution < -0.4 is 15.0 Å². The van der Waals surface area contributed by atoms with Crippen molar-refractivity contribution in [1.29, 1.82) is 0 Å². The summed E-state index contributed by atoms with van der Waals surface area (Å²) in [4.78, 5) is 23.4. The largest absolute Gasteiger partial charge is 0.479 e. The van der Waals surface area contributed by atoms with Gasteiger partial charge in [-0.15, -0.1) is 9.90 Å². The van der Waals surface area contributed by atoms with Gasteiger partial charge in [0.05, 0.1) is 41.6 Å². The number of ether oxygens (including phenoxy) is 1. The Morgan fingerprint density at radius 2 is 1.94 bits per heavy atom. The van der Waals surface area contributed by atoms with Crippen molar-refractivity contribution < 1.29 is 22.7 Å². The maximum Gasteiger partial charge on any atom is 0.401 e. The molecule has 1 N–H and O–H groups in total. The van der Waals surface area contributed by atoms with Crippen molar-refractivity contribution in [2.45, 2.75) is 18.5 Å². The van der Waals surface area contributed by atoms with E-state index in [-0.39, 0.29) is 44.6 Å². The Balaban J connectivity index is 1.48. The third-order valence-corrected chi connectivity index (χ3v) is 6.00. The molecule has 0 aromatic carbocycles. The van der Waals surface area contributed by atoms with Gasteiger partial charge in [-0.3, -0.25) is 4.90 Å². The van der Waals surface area contributed by atoms with Crippen molar-refractivity contribution in [3.05, 3.63) is 46.6 Å². The molecule has 11 nitrogen and oxygen atoms in total. The molecule has 4 aromatic rings. The fourth-order valence-corrected chi connectivity index (χ4v) is 4.19. The van der Waals surface area contributed by atoms with Crippen LogP contribution >= 0.6 is 23.2 Å². The van der Waals surface area contributed by atoms with Gasteiger partial charge in [0, 0.05) is 12.6 Å². The van der Waals surface area contributed by atoms with Gasteiger partial charge in [-0.2, -0.15) is 23.4 Å². The molecule has 0 saturated carbocycles. The normalized spacial score (nSPS) is 17.6. The molecule has 16 heteroatoms. The van der Waals surface area contributed by atoms with E-state index in [1.807, 2.05) is 0 Å². The summed E-state index contributed by atoms with van der Waals surface area (Å²) in [6.07, 6.45) is -0.893. The van der Waals surface area contributed by atoms with Gasteiger partial charge in [0.15, 0.2) is 16.6 Å². The molecule has 1 aliphatic heterocycles. The number of carbonyl (C=O) groups is 1. The molecule has 5 heterocycles. The Morgan fingerprint density at radius 3 is 2.60 bits per heavy atom. The summed E-state index contributed by atoms with van der Waals surface area (Å²) in [5.74, 6) is 0.396. The number of hydrogen-bond donors (Lipinski definition) is 1. The predicted molar refractivity (Wildman–Crippen MR) is 118 cm³/mol. The molecule has 35 heavy (non-hydrogen) atoms. The maximum atomic E-state index is 14.2. The monoisotopic (exact) mass is 527 g/mol. The number of urea groups is 1. The fraction of sp³-hybridized carbons (Fsp3) is 0.263. The molecule has 5 rings (SSSR count). The summed E-state index contributed by atoms with van der Waals surface area (Å²) >= 11 is 12.2. The minimum Gasteiger partial charge on any atom is -0.479 e. The quantitative estimate of drug-likeness (QED) is 0.429. The van der Waals surface area contributed by atoms with Crippen LogP contribution in [0.4, 0.5) is 29.3 Å². The molecule has 0 aliphatic carbocycles. The molecule has 0 unspecified atom stereocenters. The van der Waals surface area contributed by atoms with E-state index in [0.29, 0.717) is 0 Å². The Morgan fingerprint density at radius 1 is 1.17 bits per heavy atom. The van der Waals surface area contributed by atoms with E-state index in [4.69, 9.17) is 27.9 Å². The summed E-state index contributed by atoms with van der Waals surface area (Å²) in [5.41, 5.74) is -2.47. The van der Waals surface area contributed by atoms with Crippen molar-refractivity contribution in [2.75, 3.05) is 23.9 Å². The lowest BCUT2D eigenvalue weighted by atomic mass is 9.88. The second kappa shape index (κ2) is 7.95. The number of alkyl halides is 3. The van der Waals surface area contributed by atoms with Gasteiger partial charge >= 0.3 is 12.2 Å². The topological polar surface area (TPSA) is 115 Å². The van der Waals surface area contributed by atoms with Crippen LogP contribution in [0, 0.1) is 0 Å². The lowest BCUT2D eigenvalue weighted by Gasteiger charge is -2.28. The van der Waals surface area contributed by atoms with Crippen LogP contribution in [0.25, 0.3) is 11.5 Å². The van der Waals surface area contributed by atoms with E-state index in [0.717, 1.165) is 21.1 Å². The highest BCUT2D eigenvalue weighted by atomic mass is 35.5. The molecule has 0 saturated heterocycles. The van der Waals surface area contributed by atoms with Crippen molar-refractivity contribution in [3.63, 3.8) is 0 Å². The molecule has 0 bridgehead atoms. The molecular formula is C19H14Cl2F3N9O2. The smallest absolute Gasteiger partial charge is 0.401 e. The van der Waals surface area contributed by atoms with E-state index in [1.54, 1.807) is 0 Å². The minimum atomic E-state index is -4.70. The molecule has 0 radical (unpaired) electrons. The molecule has 1 atom stereocenters. The minimum absolute atomic E-state index is 0.0246. The first-order valence-electron chi connectivity index (χ1n) is 9.84. The van der Waals surface area contributed by atoms with Gasteiger partial charge in [0.2, 0.25) is 0 Å². The molecule has 2 amide bonds. The Kier molecular flexibility index (Phi) is 5.25. The van der Waals surface area contributed by atoms with Crippen molar-refractivity contribution >= 4 is 46.3 Å². The van der Waals surface area contributed by atoms with E-state index < -0.39 is 24.2 Å². The summed E-state index contributed by atoms with van der Waals surface area (Å²) in [5, 5.41) is 14.5. The first kappa shape index (κ1) is 23.1. The Bertz CT molecular complexity index is 1470. The fourth-order valence-electron chi connectivity index (χ4n) is 3.77. The highest BCUT2D eigenvalue weighted by molar-refractivity contribution is 6.32. The number of rotatable bonds is 3. The average Bonchev–Trinajstić information content (AvgIpc) is 3.48. The lowest BCUT2D eigenvalue weighted by molar-refractivity contribution is -0.181. The van der Waals surface area contributed by atoms with Gasteiger partial charge in [0.25, 0.3) is 5.88 Å². The number of halogens is 5. The number of nitrogens with zero attached hydrogens (tertiary/aromatic N) is 8. The molecule has 1 aliphatic rings. The number of carbonyl (C=O) groups excluding carboxylic acids is 1. The van der Waals surface area contributed by atoms with E-state index in [9.17, 15) is 18.0 Å². The molecular weight excluding hydrogens is 514 g/mol. The zero-order valence-electron chi connectivity index (χ0n) is 17.9. The van der Waals surface area contributed by atoms with Gasteiger partial charge in [-0.1, -0.05) is 23.2 Å². The van der Waals surface area contributed by atoms with Crippen LogP contribution in [0.5, 0.6) is 5.88 Å². The Labute approximate surface area is 204 Å². The Hall–Kier alpha value is -3.65. The summed E-state index contributed by atoms with van der Waals surface area (Å²) < 4.78 is 48.6. The molecule has 0 spiro atoms. The number of nitrogens with one attached hydrogen (secondary N) is 1. The number of anilines is 2. The third kappa shape index (κ3) is 3.69. The van der Waals surface area contributed by atoms with Crippen molar-refractivity contribution in [1.82, 2.24) is 34.6 Å². The van der Waals surface area contributed by atoms with Crippen LogP contribution in [-0.2, 0) is 5.41 Å². The third-order valence-electron chi connectivity index (χ3n) is 5.54. The second-order valence-electron chi connectivity index (χ2n) is 7.78. The first-order valence-corrected chi connectivity index (χ1v) is 10.6. The number of pyridine rings is 1. The van der Waals surface area contributed by atoms with E-state index in [2.05, 4.69) is 30.6 Å². The number of methoxy groups -OCH3 is 1. The van der Waals surface area contributed by atoms with Crippen LogP contribution in [0.1, 0.15) is 12.6 Å². The van der Waals surface area contributed by atoms with Crippen molar-refractivity contribution in [3.8, 4) is 11.7 Å². The number of amides is 2.